The molecule has 0 saturated carbocycles. The number of anilines is 1. The molecule has 0 unspecified atom stereocenters. The molecule has 0 radical (unpaired) electrons. The number of nitrogens with zero attached hydrogens (tertiary/aromatic N) is 4. The minimum Gasteiger partial charge on any atom is -0.320 e. The number of benzene rings is 2. The van der Waals surface area contributed by atoms with E-state index in [2.05, 4.69) is 37.4 Å². The van der Waals surface area contributed by atoms with Crippen molar-refractivity contribution in [1.29, 1.82) is 0 Å². The van der Waals surface area contributed by atoms with Crippen LogP contribution in [0.15, 0.2) is 54.6 Å². The van der Waals surface area contributed by atoms with E-state index >= 15 is 0 Å². The average Bonchev–Trinajstić information content (AvgIpc) is 3.21. The predicted molar refractivity (Wildman–Crippen MR) is 116 cm³/mol. The van der Waals surface area contributed by atoms with E-state index in [-0.39, 0.29) is 5.91 Å². The van der Waals surface area contributed by atoms with E-state index in [0.717, 1.165) is 55.0 Å². The number of aromatic nitrogens is 2. The Hall–Kier alpha value is -2.32. The lowest BCUT2D eigenvalue weighted by Gasteiger charge is -2.34. The number of hydrogen-bond donors (Lipinski definition) is 1. The molecule has 1 N–H and O–H groups in total. The van der Waals surface area contributed by atoms with Crippen LogP contribution in [0.25, 0.3) is 0 Å². The summed E-state index contributed by atoms with van der Waals surface area (Å²) >= 11 is 7.31. The summed E-state index contributed by atoms with van der Waals surface area (Å²) in [6, 6.07) is 17.4. The van der Waals surface area contributed by atoms with Gasteiger partial charge in [-0.25, -0.2) is 0 Å². The molecule has 0 aliphatic carbocycles. The van der Waals surface area contributed by atoms with Crippen LogP contribution in [-0.4, -0.2) is 52.1 Å². The van der Waals surface area contributed by atoms with Crippen molar-refractivity contribution in [2.75, 3.05) is 31.5 Å². The normalized spacial score (nSPS) is 15.3. The maximum absolute atomic E-state index is 12.3. The molecule has 1 fully saturated rings. The highest BCUT2D eigenvalue weighted by Crippen LogP contribution is 2.17. The van der Waals surface area contributed by atoms with Crippen LogP contribution >= 0.6 is 22.9 Å². The second kappa shape index (κ2) is 9.45. The first-order chi connectivity index (χ1) is 14.2. The number of amides is 1. The quantitative estimate of drug-likeness (QED) is 0.649. The Morgan fingerprint density at radius 1 is 0.931 bits per heavy atom. The fourth-order valence-corrected chi connectivity index (χ4v) is 4.16. The molecule has 29 heavy (non-hydrogen) atoms. The van der Waals surface area contributed by atoms with E-state index in [4.69, 9.17) is 11.6 Å². The van der Waals surface area contributed by atoms with Gasteiger partial charge in [0.15, 0.2) is 0 Å². The van der Waals surface area contributed by atoms with Gasteiger partial charge in [-0.3, -0.25) is 14.6 Å². The lowest BCUT2D eigenvalue weighted by Crippen LogP contribution is -2.45. The Balaban J connectivity index is 1.25. The van der Waals surface area contributed by atoms with E-state index in [1.54, 1.807) is 0 Å². The van der Waals surface area contributed by atoms with Crippen molar-refractivity contribution in [1.82, 2.24) is 20.0 Å². The molecule has 1 aliphatic heterocycles. The van der Waals surface area contributed by atoms with Gasteiger partial charge in [-0.2, -0.15) is 0 Å². The van der Waals surface area contributed by atoms with Gasteiger partial charge in [0.2, 0.25) is 5.01 Å². The Morgan fingerprint density at radius 2 is 1.59 bits per heavy atom. The first kappa shape index (κ1) is 20.0. The zero-order valence-electron chi connectivity index (χ0n) is 15.9. The molecule has 1 saturated heterocycles. The molecule has 8 heteroatoms. The minimum atomic E-state index is -0.215. The summed E-state index contributed by atoms with van der Waals surface area (Å²) in [5.74, 6) is -0.215. The Morgan fingerprint density at radius 3 is 2.28 bits per heavy atom. The Bertz CT molecular complexity index is 939. The van der Waals surface area contributed by atoms with Gasteiger partial charge in [0.1, 0.15) is 5.01 Å². The number of carbonyl (C=O) groups is 1. The molecular weight excluding hydrogens is 406 g/mol. The monoisotopic (exact) mass is 427 g/mol. The second-order valence-corrected chi connectivity index (χ2v) is 8.50. The molecule has 4 rings (SSSR count). The van der Waals surface area contributed by atoms with E-state index in [1.165, 1.54) is 16.9 Å². The zero-order valence-corrected chi connectivity index (χ0v) is 17.5. The first-order valence-electron chi connectivity index (χ1n) is 9.54. The largest absolute Gasteiger partial charge is 0.320 e. The van der Waals surface area contributed by atoms with Crippen molar-refractivity contribution in [3.8, 4) is 0 Å². The number of para-hydroxylation sites is 1. The molecule has 1 amide bonds. The molecule has 3 aromatic rings. The summed E-state index contributed by atoms with van der Waals surface area (Å²) in [7, 11) is 0. The van der Waals surface area contributed by atoms with E-state index in [1.807, 2.05) is 42.5 Å². The van der Waals surface area contributed by atoms with Crippen molar-refractivity contribution in [3.05, 3.63) is 75.2 Å². The minimum absolute atomic E-state index is 0.215. The third kappa shape index (κ3) is 5.61. The molecule has 150 valence electrons. The van der Waals surface area contributed by atoms with E-state index in [0.29, 0.717) is 5.01 Å². The van der Waals surface area contributed by atoms with Crippen LogP contribution in [0, 0.1) is 0 Å². The van der Waals surface area contributed by atoms with Gasteiger partial charge in [0.25, 0.3) is 5.91 Å². The smallest absolute Gasteiger partial charge is 0.286 e. The molecule has 0 spiro atoms. The summed E-state index contributed by atoms with van der Waals surface area (Å²) < 4.78 is 0. The van der Waals surface area contributed by atoms with E-state index in [9.17, 15) is 4.79 Å². The van der Waals surface area contributed by atoms with Crippen molar-refractivity contribution in [3.63, 3.8) is 0 Å². The van der Waals surface area contributed by atoms with Gasteiger partial charge < -0.3 is 5.32 Å². The third-order valence-electron chi connectivity index (χ3n) is 4.84. The molecule has 6 nitrogen and oxygen atoms in total. The average molecular weight is 428 g/mol. The number of carbonyl (C=O) groups excluding carboxylic acids is 1. The highest BCUT2D eigenvalue weighted by atomic mass is 35.5. The van der Waals surface area contributed by atoms with Crippen molar-refractivity contribution in [2.45, 2.75) is 13.1 Å². The highest BCUT2D eigenvalue weighted by Gasteiger charge is 2.20. The SMILES string of the molecule is O=C(Nc1ccccc1)c1nnc(CN2CCN(Cc3ccc(Cl)cc3)CC2)s1. The van der Waals surface area contributed by atoms with Crippen LogP contribution in [0.5, 0.6) is 0 Å². The fourth-order valence-electron chi connectivity index (χ4n) is 3.26. The van der Waals surface area contributed by atoms with Gasteiger partial charge in [-0.05, 0) is 29.8 Å². The maximum atomic E-state index is 12.3. The summed E-state index contributed by atoms with van der Waals surface area (Å²) in [6.45, 7) is 5.61. The number of hydrogen-bond acceptors (Lipinski definition) is 6. The van der Waals surface area contributed by atoms with Crippen LogP contribution in [-0.2, 0) is 13.1 Å². The maximum Gasteiger partial charge on any atom is 0.286 e. The molecular formula is C21H22ClN5OS. The van der Waals surface area contributed by atoms with Crippen molar-refractivity contribution < 1.29 is 4.79 Å². The standard InChI is InChI=1S/C21H22ClN5OS/c22-17-8-6-16(7-9-17)14-26-10-12-27(13-11-26)15-19-24-25-21(29-19)20(28)23-18-4-2-1-3-5-18/h1-9H,10-15H2,(H,23,28). The molecule has 1 aromatic heterocycles. The second-order valence-electron chi connectivity index (χ2n) is 7.00. The molecule has 1 aliphatic rings. The van der Waals surface area contributed by atoms with Gasteiger partial charge in [-0.15, -0.1) is 10.2 Å². The van der Waals surface area contributed by atoms with Crippen LogP contribution in [0.2, 0.25) is 5.02 Å². The summed E-state index contributed by atoms with van der Waals surface area (Å²) in [5, 5.41) is 13.2. The predicted octanol–water partition coefficient (Wildman–Crippen LogP) is 3.76. The summed E-state index contributed by atoms with van der Waals surface area (Å²) in [4.78, 5) is 17.1. The van der Waals surface area contributed by atoms with Crippen LogP contribution < -0.4 is 5.32 Å². The molecule has 0 atom stereocenters. The zero-order chi connectivity index (χ0) is 20.1. The number of halogens is 1. The van der Waals surface area contributed by atoms with Gasteiger partial charge in [0, 0.05) is 43.4 Å². The number of piperazine rings is 1. The molecule has 0 bridgehead atoms. The lowest BCUT2D eigenvalue weighted by molar-refractivity contribution is 0.102. The fraction of sp³-hybridized carbons (Fsp3) is 0.286. The van der Waals surface area contributed by atoms with Crippen LogP contribution in [0.4, 0.5) is 5.69 Å². The Kier molecular flexibility index (Phi) is 6.51. The topological polar surface area (TPSA) is 61.4 Å². The number of rotatable bonds is 6. The van der Waals surface area contributed by atoms with Crippen LogP contribution in [0.3, 0.4) is 0 Å². The lowest BCUT2D eigenvalue weighted by atomic mass is 10.2. The van der Waals surface area contributed by atoms with E-state index < -0.39 is 0 Å². The third-order valence-corrected chi connectivity index (χ3v) is 5.99. The summed E-state index contributed by atoms with van der Waals surface area (Å²) in [6.07, 6.45) is 0. The van der Waals surface area contributed by atoms with Crippen LogP contribution in [0.1, 0.15) is 20.4 Å². The summed E-state index contributed by atoms with van der Waals surface area (Å²) in [5.41, 5.74) is 2.03. The highest BCUT2D eigenvalue weighted by molar-refractivity contribution is 7.13. The first-order valence-corrected chi connectivity index (χ1v) is 10.7. The number of nitrogens with one attached hydrogen (secondary N) is 1. The van der Waals surface area contributed by atoms with Gasteiger partial charge >= 0.3 is 0 Å². The molecule has 2 heterocycles. The van der Waals surface area contributed by atoms with Crippen molar-refractivity contribution >= 4 is 34.5 Å². The van der Waals surface area contributed by atoms with Gasteiger partial charge in [0.05, 0.1) is 6.54 Å². The molecule has 2 aromatic carbocycles. The van der Waals surface area contributed by atoms with Crippen molar-refractivity contribution in [2.24, 2.45) is 0 Å². The van der Waals surface area contributed by atoms with Gasteiger partial charge in [-0.1, -0.05) is 53.3 Å². The Labute approximate surface area is 179 Å².